The van der Waals surface area contributed by atoms with Crippen molar-refractivity contribution in [2.75, 3.05) is 6.61 Å². The number of aliphatic hydroxyl groups is 1. The van der Waals surface area contributed by atoms with Crippen molar-refractivity contribution in [3.8, 4) is 5.75 Å². The number of rotatable bonds is 5. The highest BCUT2D eigenvalue weighted by Crippen LogP contribution is 2.30. The van der Waals surface area contributed by atoms with E-state index in [1.165, 1.54) is 5.56 Å². The van der Waals surface area contributed by atoms with Crippen LogP contribution < -0.4 is 4.74 Å². The summed E-state index contributed by atoms with van der Waals surface area (Å²) in [5, 5.41) is 9.69. The largest absolute Gasteiger partial charge is 0.487 e. The molecule has 3 nitrogen and oxygen atoms in total. The molecule has 1 aliphatic rings. The number of hydrogen-bond acceptors (Lipinski definition) is 3. The Morgan fingerprint density at radius 3 is 2.72 bits per heavy atom. The van der Waals surface area contributed by atoms with Crippen molar-refractivity contribution < 1.29 is 14.6 Å². The average molecular weight is 250 g/mol. The second-order valence-electron chi connectivity index (χ2n) is 5.06. The van der Waals surface area contributed by atoms with Gasteiger partial charge in [-0.1, -0.05) is 24.6 Å². The van der Waals surface area contributed by atoms with Gasteiger partial charge in [0.25, 0.3) is 0 Å². The minimum absolute atomic E-state index is 0.0204. The highest BCUT2D eigenvalue weighted by atomic mass is 16.6. The molecule has 1 fully saturated rings. The van der Waals surface area contributed by atoms with E-state index in [0.717, 1.165) is 17.7 Å². The van der Waals surface area contributed by atoms with Crippen molar-refractivity contribution in [3.63, 3.8) is 0 Å². The Kier molecular flexibility index (Phi) is 4.25. The van der Waals surface area contributed by atoms with Gasteiger partial charge < -0.3 is 14.6 Å². The topological polar surface area (TPSA) is 38.7 Å². The maximum absolute atomic E-state index is 9.69. The molecule has 100 valence electrons. The van der Waals surface area contributed by atoms with E-state index in [-0.39, 0.29) is 18.3 Å². The fraction of sp³-hybridized carbons (Fsp3) is 0.600. The molecule has 0 amide bonds. The molecule has 1 aliphatic carbocycles. The summed E-state index contributed by atoms with van der Waals surface area (Å²) >= 11 is 0. The third-order valence-electron chi connectivity index (χ3n) is 3.34. The molecule has 1 N–H and O–H groups in total. The molecule has 2 rings (SSSR count). The van der Waals surface area contributed by atoms with E-state index in [9.17, 15) is 5.11 Å². The predicted octanol–water partition coefficient (Wildman–Crippen LogP) is 2.61. The van der Waals surface area contributed by atoms with E-state index in [1.54, 1.807) is 0 Å². The van der Waals surface area contributed by atoms with Crippen molar-refractivity contribution in [1.82, 2.24) is 0 Å². The Morgan fingerprint density at radius 1 is 1.33 bits per heavy atom. The van der Waals surface area contributed by atoms with Crippen LogP contribution in [0, 0.1) is 13.8 Å². The zero-order valence-corrected chi connectivity index (χ0v) is 11.3. The lowest BCUT2D eigenvalue weighted by atomic mass is 9.88. The maximum atomic E-state index is 9.69. The van der Waals surface area contributed by atoms with Crippen molar-refractivity contribution in [2.24, 2.45) is 0 Å². The Morgan fingerprint density at radius 2 is 2.11 bits per heavy atom. The SMILES string of the molecule is CCCOC1C(O)CC1Oc1ccc(C)cc1C. The molecule has 1 aromatic carbocycles. The first kappa shape index (κ1) is 13.4. The first-order valence-electron chi connectivity index (χ1n) is 6.65. The quantitative estimate of drug-likeness (QED) is 0.873. The predicted molar refractivity (Wildman–Crippen MR) is 71.0 cm³/mol. The summed E-state index contributed by atoms with van der Waals surface area (Å²) < 4.78 is 11.5. The van der Waals surface area contributed by atoms with Gasteiger partial charge in [-0.25, -0.2) is 0 Å². The molecule has 1 aromatic rings. The van der Waals surface area contributed by atoms with E-state index in [2.05, 4.69) is 19.9 Å². The molecule has 0 aromatic heterocycles. The van der Waals surface area contributed by atoms with Gasteiger partial charge in [-0.2, -0.15) is 0 Å². The number of hydrogen-bond donors (Lipinski definition) is 1. The van der Waals surface area contributed by atoms with E-state index in [4.69, 9.17) is 9.47 Å². The van der Waals surface area contributed by atoms with Gasteiger partial charge in [0.1, 0.15) is 18.0 Å². The summed E-state index contributed by atoms with van der Waals surface area (Å²) in [4.78, 5) is 0. The molecular weight excluding hydrogens is 228 g/mol. The fourth-order valence-corrected chi connectivity index (χ4v) is 2.24. The van der Waals surface area contributed by atoms with Gasteiger partial charge in [0, 0.05) is 13.0 Å². The molecule has 3 unspecified atom stereocenters. The zero-order valence-electron chi connectivity index (χ0n) is 11.3. The van der Waals surface area contributed by atoms with E-state index >= 15 is 0 Å². The molecule has 0 saturated heterocycles. The van der Waals surface area contributed by atoms with Crippen molar-refractivity contribution in [3.05, 3.63) is 29.3 Å². The fourth-order valence-electron chi connectivity index (χ4n) is 2.24. The lowest BCUT2D eigenvalue weighted by Gasteiger charge is -2.41. The lowest BCUT2D eigenvalue weighted by Crippen LogP contribution is -2.55. The molecule has 0 aliphatic heterocycles. The van der Waals surface area contributed by atoms with Crippen LogP contribution in [0.15, 0.2) is 18.2 Å². The van der Waals surface area contributed by atoms with E-state index in [0.29, 0.717) is 13.0 Å². The summed E-state index contributed by atoms with van der Waals surface area (Å²) in [6, 6.07) is 6.14. The highest BCUT2D eigenvalue weighted by molar-refractivity contribution is 5.36. The van der Waals surface area contributed by atoms with Gasteiger partial charge in [-0.3, -0.25) is 0 Å². The van der Waals surface area contributed by atoms with Gasteiger partial charge in [-0.05, 0) is 31.9 Å². The Balaban J connectivity index is 1.96. The van der Waals surface area contributed by atoms with Gasteiger partial charge >= 0.3 is 0 Å². The van der Waals surface area contributed by atoms with Gasteiger partial charge in [0.15, 0.2) is 0 Å². The molecule has 0 radical (unpaired) electrons. The minimum atomic E-state index is -0.382. The highest BCUT2D eigenvalue weighted by Gasteiger charge is 2.42. The Hall–Kier alpha value is -1.06. The van der Waals surface area contributed by atoms with E-state index in [1.807, 2.05) is 19.1 Å². The van der Waals surface area contributed by atoms with Gasteiger partial charge in [0.2, 0.25) is 0 Å². The van der Waals surface area contributed by atoms with Crippen molar-refractivity contribution in [2.45, 2.75) is 51.9 Å². The summed E-state index contributed by atoms with van der Waals surface area (Å²) in [6.07, 6.45) is 1.03. The number of ether oxygens (including phenoxy) is 2. The van der Waals surface area contributed by atoms with Crippen LogP contribution in [0.3, 0.4) is 0 Å². The second kappa shape index (κ2) is 5.72. The monoisotopic (exact) mass is 250 g/mol. The first-order valence-corrected chi connectivity index (χ1v) is 6.65. The number of aliphatic hydroxyl groups excluding tert-OH is 1. The average Bonchev–Trinajstić information content (AvgIpc) is 2.32. The summed E-state index contributed by atoms with van der Waals surface area (Å²) in [6.45, 7) is 6.84. The van der Waals surface area contributed by atoms with Crippen LogP contribution >= 0.6 is 0 Å². The smallest absolute Gasteiger partial charge is 0.130 e. The molecule has 0 spiro atoms. The summed E-state index contributed by atoms with van der Waals surface area (Å²) in [5.74, 6) is 0.891. The summed E-state index contributed by atoms with van der Waals surface area (Å²) in [7, 11) is 0. The molecule has 18 heavy (non-hydrogen) atoms. The van der Waals surface area contributed by atoms with Crippen LogP contribution in [0.25, 0.3) is 0 Å². The second-order valence-corrected chi connectivity index (χ2v) is 5.06. The number of benzene rings is 1. The van der Waals surface area contributed by atoms with Gasteiger partial charge in [0.05, 0.1) is 6.10 Å². The van der Waals surface area contributed by atoms with Crippen LogP contribution in [0.2, 0.25) is 0 Å². The molecular formula is C15H22O3. The molecule has 3 atom stereocenters. The summed E-state index contributed by atoms with van der Waals surface area (Å²) in [5.41, 5.74) is 2.36. The maximum Gasteiger partial charge on any atom is 0.130 e. The van der Waals surface area contributed by atoms with Crippen LogP contribution in [-0.2, 0) is 4.74 Å². The normalized spacial score (nSPS) is 26.8. The van der Waals surface area contributed by atoms with Crippen LogP contribution in [0.5, 0.6) is 5.75 Å². The Labute approximate surface area is 109 Å². The molecule has 0 bridgehead atoms. The third-order valence-corrected chi connectivity index (χ3v) is 3.34. The molecule has 1 saturated carbocycles. The molecule has 0 heterocycles. The first-order chi connectivity index (χ1) is 8.61. The third kappa shape index (κ3) is 2.85. The minimum Gasteiger partial charge on any atom is -0.487 e. The van der Waals surface area contributed by atoms with Crippen LogP contribution in [-0.4, -0.2) is 30.0 Å². The number of aryl methyl sites for hydroxylation is 2. The van der Waals surface area contributed by atoms with Crippen LogP contribution in [0.4, 0.5) is 0 Å². The molecule has 3 heteroatoms. The lowest BCUT2D eigenvalue weighted by molar-refractivity contribution is -0.162. The standard InChI is InChI=1S/C15H22O3/c1-4-7-17-15-12(16)9-14(15)18-13-6-5-10(2)8-11(13)3/h5-6,8,12,14-16H,4,7,9H2,1-3H3. The van der Waals surface area contributed by atoms with Gasteiger partial charge in [-0.15, -0.1) is 0 Å². The van der Waals surface area contributed by atoms with Crippen LogP contribution in [0.1, 0.15) is 30.9 Å². The Bertz CT molecular complexity index is 403. The van der Waals surface area contributed by atoms with Crippen molar-refractivity contribution >= 4 is 0 Å². The van der Waals surface area contributed by atoms with E-state index < -0.39 is 0 Å². The zero-order chi connectivity index (χ0) is 13.1. The van der Waals surface area contributed by atoms with Crippen molar-refractivity contribution in [1.29, 1.82) is 0 Å².